The lowest BCUT2D eigenvalue weighted by Crippen LogP contribution is -2.36. The number of nitrogens with zero attached hydrogens (tertiary/aromatic N) is 1. The number of aromatic nitrogens is 1. The third-order valence-corrected chi connectivity index (χ3v) is 3.20. The molecule has 0 aliphatic heterocycles. The Morgan fingerprint density at radius 1 is 1.29 bits per heavy atom. The molecule has 0 spiro atoms. The number of benzene rings is 1. The van der Waals surface area contributed by atoms with E-state index in [2.05, 4.69) is 10.6 Å². The summed E-state index contributed by atoms with van der Waals surface area (Å²) in [5, 5.41) is 15.2. The molecule has 2 amide bonds. The zero-order valence-corrected chi connectivity index (χ0v) is 12.1. The fourth-order valence-corrected chi connectivity index (χ4v) is 2.00. The van der Waals surface area contributed by atoms with Crippen LogP contribution in [-0.4, -0.2) is 34.1 Å². The predicted molar refractivity (Wildman–Crippen MR) is 80.9 cm³/mol. The largest absolute Gasteiger partial charge is 0.393 e. The quantitative estimate of drug-likeness (QED) is 0.734. The van der Waals surface area contributed by atoms with Crippen LogP contribution < -0.4 is 10.6 Å². The summed E-state index contributed by atoms with van der Waals surface area (Å²) >= 11 is 0. The number of anilines is 1. The molecule has 1 aromatic heterocycles. The summed E-state index contributed by atoms with van der Waals surface area (Å²) in [6, 6.07) is 7.43. The number of rotatable bonds is 4. The summed E-state index contributed by atoms with van der Waals surface area (Å²) < 4.78 is 1.94. The standard InChI is InChI=1S/C15H19N3O3/c1-10(19)5-7-16-14(20)15(21)17-12-4-3-11-6-8-18(2)13(11)9-12/h3-4,6,8-10,19H,5,7H2,1-2H3,(H,16,20)(H,17,21). The Balaban J connectivity index is 1.97. The fourth-order valence-electron chi connectivity index (χ4n) is 2.00. The van der Waals surface area contributed by atoms with Crippen LogP contribution in [0.5, 0.6) is 0 Å². The number of fused-ring (bicyclic) bond motifs is 1. The van der Waals surface area contributed by atoms with E-state index in [1.54, 1.807) is 13.0 Å². The Morgan fingerprint density at radius 3 is 2.76 bits per heavy atom. The Bertz CT molecular complexity index is 661. The lowest BCUT2D eigenvalue weighted by atomic mass is 10.2. The van der Waals surface area contributed by atoms with Crippen LogP contribution in [0.2, 0.25) is 0 Å². The van der Waals surface area contributed by atoms with Crippen molar-refractivity contribution in [3.05, 3.63) is 30.5 Å². The first-order valence-electron chi connectivity index (χ1n) is 6.79. The number of aliphatic hydroxyl groups is 1. The maximum absolute atomic E-state index is 11.8. The Hall–Kier alpha value is -2.34. The Labute approximate surface area is 122 Å². The van der Waals surface area contributed by atoms with E-state index in [1.807, 2.05) is 36.0 Å². The van der Waals surface area contributed by atoms with Crippen molar-refractivity contribution in [2.75, 3.05) is 11.9 Å². The van der Waals surface area contributed by atoms with Crippen LogP contribution in [0.1, 0.15) is 13.3 Å². The summed E-state index contributed by atoms with van der Waals surface area (Å²) in [6.45, 7) is 1.89. The molecular weight excluding hydrogens is 270 g/mol. The molecule has 112 valence electrons. The van der Waals surface area contributed by atoms with Crippen molar-refractivity contribution in [1.29, 1.82) is 0 Å². The number of carbonyl (C=O) groups is 2. The molecule has 1 unspecified atom stereocenters. The van der Waals surface area contributed by atoms with Gasteiger partial charge >= 0.3 is 11.8 Å². The maximum Gasteiger partial charge on any atom is 0.313 e. The van der Waals surface area contributed by atoms with E-state index in [4.69, 9.17) is 5.11 Å². The highest BCUT2D eigenvalue weighted by molar-refractivity contribution is 6.39. The average molecular weight is 289 g/mol. The first-order valence-corrected chi connectivity index (χ1v) is 6.79. The van der Waals surface area contributed by atoms with E-state index in [0.29, 0.717) is 12.1 Å². The summed E-state index contributed by atoms with van der Waals surface area (Å²) in [5.74, 6) is -1.42. The zero-order chi connectivity index (χ0) is 15.4. The van der Waals surface area contributed by atoms with Crippen LogP contribution >= 0.6 is 0 Å². The van der Waals surface area contributed by atoms with Crippen molar-refractivity contribution in [2.24, 2.45) is 7.05 Å². The van der Waals surface area contributed by atoms with Gasteiger partial charge in [0.05, 0.1) is 6.10 Å². The highest BCUT2D eigenvalue weighted by Crippen LogP contribution is 2.19. The van der Waals surface area contributed by atoms with E-state index in [1.165, 1.54) is 0 Å². The van der Waals surface area contributed by atoms with Crippen LogP contribution in [0.3, 0.4) is 0 Å². The van der Waals surface area contributed by atoms with Gasteiger partial charge in [0.1, 0.15) is 0 Å². The minimum Gasteiger partial charge on any atom is -0.393 e. The highest BCUT2D eigenvalue weighted by Gasteiger charge is 2.13. The lowest BCUT2D eigenvalue weighted by Gasteiger charge is -2.08. The van der Waals surface area contributed by atoms with Gasteiger partial charge in [-0.15, -0.1) is 0 Å². The monoisotopic (exact) mass is 289 g/mol. The smallest absolute Gasteiger partial charge is 0.313 e. The van der Waals surface area contributed by atoms with E-state index in [-0.39, 0.29) is 6.54 Å². The third-order valence-electron chi connectivity index (χ3n) is 3.20. The van der Waals surface area contributed by atoms with Crippen LogP contribution in [-0.2, 0) is 16.6 Å². The van der Waals surface area contributed by atoms with Crippen LogP contribution in [0, 0.1) is 0 Å². The van der Waals surface area contributed by atoms with Gasteiger partial charge in [0.15, 0.2) is 0 Å². The molecule has 6 nitrogen and oxygen atoms in total. The number of aryl methyl sites for hydroxylation is 1. The summed E-state index contributed by atoms with van der Waals surface area (Å²) in [6.07, 6.45) is 1.83. The minimum absolute atomic E-state index is 0.265. The molecule has 0 fully saturated rings. The molecule has 0 saturated carbocycles. The molecule has 6 heteroatoms. The van der Waals surface area contributed by atoms with E-state index < -0.39 is 17.9 Å². The first-order chi connectivity index (χ1) is 9.97. The van der Waals surface area contributed by atoms with Gasteiger partial charge in [-0.25, -0.2) is 0 Å². The fraction of sp³-hybridized carbons (Fsp3) is 0.333. The van der Waals surface area contributed by atoms with Crippen molar-refractivity contribution in [3.8, 4) is 0 Å². The molecule has 1 atom stereocenters. The minimum atomic E-state index is -0.714. The molecule has 0 saturated heterocycles. The molecule has 0 radical (unpaired) electrons. The molecule has 3 N–H and O–H groups in total. The van der Waals surface area contributed by atoms with Gasteiger partial charge in [0.25, 0.3) is 0 Å². The van der Waals surface area contributed by atoms with Crippen molar-refractivity contribution in [3.63, 3.8) is 0 Å². The van der Waals surface area contributed by atoms with E-state index >= 15 is 0 Å². The number of aliphatic hydroxyl groups excluding tert-OH is 1. The van der Waals surface area contributed by atoms with Gasteiger partial charge < -0.3 is 20.3 Å². The van der Waals surface area contributed by atoms with E-state index in [9.17, 15) is 9.59 Å². The van der Waals surface area contributed by atoms with E-state index in [0.717, 1.165) is 10.9 Å². The Kier molecular flexibility index (Phi) is 4.59. The van der Waals surface area contributed by atoms with Crippen LogP contribution in [0.15, 0.2) is 30.5 Å². The molecular formula is C15H19N3O3. The first kappa shape index (κ1) is 15.1. The van der Waals surface area contributed by atoms with Crippen LogP contribution in [0.4, 0.5) is 5.69 Å². The van der Waals surface area contributed by atoms with Crippen molar-refractivity contribution >= 4 is 28.4 Å². The van der Waals surface area contributed by atoms with Crippen molar-refractivity contribution in [2.45, 2.75) is 19.4 Å². The molecule has 2 aromatic rings. The van der Waals surface area contributed by atoms with Gasteiger partial charge in [0.2, 0.25) is 0 Å². The SMILES string of the molecule is CC(O)CCNC(=O)C(=O)Nc1ccc2ccn(C)c2c1. The molecule has 1 heterocycles. The number of amides is 2. The molecule has 0 bridgehead atoms. The second-order valence-corrected chi connectivity index (χ2v) is 5.05. The normalized spacial score (nSPS) is 12.1. The summed E-state index contributed by atoms with van der Waals surface area (Å²) in [4.78, 5) is 23.4. The molecule has 0 aliphatic carbocycles. The highest BCUT2D eigenvalue weighted by atomic mass is 16.3. The number of carbonyl (C=O) groups excluding carboxylic acids is 2. The van der Waals surface area contributed by atoms with Gasteiger partial charge in [-0.05, 0) is 36.9 Å². The third kappa shape index (κ3) is 3.82. The molecule has 0 aliphatic rings. The second-order valence-electron chi connectivity index (χ2n) is 5.05. The van der Waals surface area contributed by atoms with Crippen LogP contribution in [0.25, 0.3) is 10.9 Å². The average Bonchev–Trinajstić information content (AvgIpc) is 2.79. The number of nitrogens with one attached hydrogen (secondary N) is 2. The van der Waals surface area contributed by atoms with Gasteiger partial charge in [-0.2, -0.15) is 0 Å². The summed E-state index contributed by atoms with van der Waals surface area (Å²) in [7, 11) is 1.91. The molecule has 21 heavy (non-hydrogen) atoms. The Morgan fingerprint density at radius 2 is 2.05 bits per heavy atom. The van der Waals surface area contributed by atoms with Crippen molar-refractivity contribution < 1.29 is 14.7 Å². The molecule has 2 rings (SSSR count). The van der Waals surface area contributed by atoms with Crippen molar-refractivity contribution in [1.82, 2.24) is 9.88 Å². The number of hydrogen-bond donors (Lipinski definition) is 3. The van der Waals surface area contributed by atoms with Gasteiger partial charge in [-0.1, -0.05) is 6.07 Å². The van der Waals surface area contributed by atoms with Gasteiger partial charge in [0, 0.05) is 31.0 Å². The maximum atomic E-state index is 11.8. The topological polar surface area (TPSA) is 83.4 Å². The number of hydrogen-bond acceptors (Lipinski definition) is 3. The molecule has 1 aromatic carbocycles. The zero-order valence-electron chi connectivity index (χ0n) is 12.1. The second kappa shape index (κ2) is 6.41. The lowest BCUT2D eigenvalue weighted by molar-refractivity contribution is -0.136. The predicted octanol–water partition coefficient (Wildman–Crippen LogP) is 1.00. The van der Waals surface area contributed by atoms with Gasteiger partial charge in [-0.3, -0.25) is 9.59 Å². The summed E-state index contributed by atoms with van der Waals surface area (Å²) in [5.41, 5.74) is 1.54.